The summed E-state index contributed by atoms with van der Waals surface area (Å²) < 4.78 is 5.55. The van der Waals surface area contributed by atoms with Gasteiger partial charge in [-0.05, 0) is 47.4 Å². The highest BCUT2D eigenvalue weighted by Crippen LogP contribution is 2.44. The van der Waals surface area contributed by atoms with E-state index in [-0.39, 0.29) is 24.3 Å². The van der Waals surface area contributed by atoms with Crippen molar-refractivity contribution >= 4 is 12.1 Å². The van der Waals surface area contributed by atoms with Gasteiger partial charge in [-0.15, -0.1) is 0 Å². The summed E-state index contributed by atoms with van der Waals surface area (Å²) in [5.41, 5.74) is 4.78. The van der Waals surface area contributed by atoms with Crippen LogP contribution >= 0.6 is 0 Å². The summed E-state index contributed by atoms with van der Waals surface area (Å²) in [6.45, 7) is 0.297. The SMILES string of the molecule is O=C(O)C[C@H]1CC[C@H](NC(=O)OCC2c3ccccc3-c3ccccc32)C1. The minimum atomic E-state index is -0.776. The molecule has 0 heterocycles. The normalized spacial score (nSPS) is 20.7. The summed E-state index contributed by atoms with van der Waals surface area (Å²) >= 11 is 0. The highest BCUT2D eigenvalue weighted by molar-refractivity contribution is 5.79. The predicted molar refractivity (Wildman–Crippen MR) is 102 cm³/mol. The van der Waals surface area contributed by atoms with Crippen molar-refractivity contribution in [3.63, 3.8) is 0 Å². The zero-order chi connectivity index (χ0) is 18.8. The Morgan fingerprint density at radius 2 is 1.63 bits per heavy atom. The van der Waals surface area contributed by atoms with E-state index in [0.717, 1.165) is 12.8 Å². The maximum atomic E-state index is 12.3. The lowest BCUT2D eigenvalue weighted by atomic mass is 9.98. The summed E-state index contributed by atoms with van der Waals surface area (Å²) in [5, 5.41) is 11.8. The van der Waals surface area contributed by atoms with Crippen LogP contribution in [0.3, 0.4) is 0 Å². The smallest absolute Gasteiger partial charge is 0.407 e. The Bertz CT molecular complexity index is 817. The molecule has 2 aliphatic carbocycles. The lowest BCUT2D eigenvalue weighted by Crippen LogP contribution is -2.34. The number of rotatable bonds is 5. The maximum Gasteiger partial charge on any atom is 0.407 e. The molecule has 0 aliphatic heterocycles. The fourth-order valence-corrected chi connectivity index (χ4v) is 4.45. The monoisotopic (exact) mass is 365 g/mol. The first-order valence-electron chi connectivity index (χ1n) is 9.45. The molecule has 27 heavy (non-hydrogen) atoms. The van der Waals surface area contributed by atoms with Gasteiger partial charge >= 0.3 is 12.1 Å². The van der Waals surface area contributed by atoms with Crippen LogP contribution in [0.1, 0.15) is 42.7 Å². The third kappa shape index (κ3) is 3.68. The number of hydrogen-bond donors (Lipinski definition) is 2. The van der Waals surface area contributed by atoms with Gasteiger partial charge in [-0.2, -0.15) is 0 Å². The summed E-state index contributed by atoms with van der Waals surface area (Å²) in [5.74, 6) is -0.588. The van der Waals surface area contributed by atoms with E-state index in [4.69, 9.17) is 9.84 Å². The van der Waals surface area contributed by atoms with E-state index in [1.165, 1.54) is 22.3 Å². The van der Waals surface area contributed by atoms with E-state index >= 15 is 0 Å². The van der Waals surface area contributed by atoms with Gasteiger partial charge in [0.1, 0.15) is 6.61 Å². The number of alkyl carbamates (subject to hydrolysis) is 1. The second-order valence-corrected chi connectivity index (χ2v) is 7.44. The average Bonchev–Trinajstić information content (AvgIpc) is 3.21. The van der Waals surface area contributed by atoms with Gasteiger partial charge in [0.05, 0.1) is 0 Å². The molecule has 5 heteroatoms. The minimum Gasteiger partial charge on any atom is -0.481 e. The second kappa shape index (κ2) is 7.43. The van der Waals surface area contributed by atoms with Crippen molar-refractivity contribution in [3.05, 3.63) is 59.7 Å². The molecule has 1 saturated carbocycles. The predicted octanol–water partition coefficient (Wildman–Crippen LogP) is 4.17. The van der Waals surface area contributed by atoms with Crippen molar-refractivity contribution in [2.45, 2.75) is 37.6 Å². The largest absolute Gasteiger partial charge is 0.481 e. The summed E-state index contributed by atoms with van der Waals surface area (Å²) in [4.78, 5) is 23.1. The molecule has 0 saturated heterocycles. The number of amides is 1. The number of benzene rings is 2. The molecule has 2 aliphatic rings. The van der Waals surface area contributed by atoms with Crippen LogP contribution in [0.5, 0.6) is 0 Å². The van der Waals surface area contributed by atoms with Crippen molar-refractivity contribution < 1.29 is 19.4 Å². The molecule has 2 N–H and O–H groups in total. The molecule has 2 atom stereocenters. The first-order chi connectivity index (χ1) is 13.1. The summed E-state index contributed by atoms with van der Waals surface area (Å²) in [7, 11) is 0. The Balaban J connectivity index is 1.37. The molecule has 0 radical (unpaired) electrons. The molecular formula is C22H23NO4. The van der Waals surface area contributed by atoms with Crippen LogP contribution in [0.25, 0.3) is 11.1 Å². The number of fused-ring (bicyclic) bond motifs is 3. The highest BCUT2D eigenvalue weighted by Gasteiger charge is 2.30. The average molecular weight is 365 g/mol. The van der Waals surface area contributed by atoms with Gasteiger partial charge in [-0.1, -0.05) is 48.5 Å². The van der Waals surface area contributed by atoms with Gasteiger partial charge in [0.15, 0.2) is 0 Å². The molecule has 2 aromatic rings. The molecule has 0 unspecified atom stereocenters. The highest BCUT2D eigenvalue weighted by atomic mass is 16.5. The van der Waals surface area contributed by atoms with Crippen LogP contribution in [-0.4, -0.2) is 29.8 Å². The second-order valence-electron chi connectivity index (χ2n) is 7.44. The van der Waals surface area contributed by atoms with Crippen molar-refractivity contribution in [2.24, 2.45) is 5.92 Å². The van der Waals surface area contributed by atoms with Crippen LogP contribution in [0.4, 0.5) is 4.79 Å². The Morgan fingerprint density at radius 1 is 1.00 bits per heavy atom. The molecule has 2 aromatic carbocycles. The summed E-state index contributed by atoms with van der Waals surface area (Å²) in [6.07, 6.45) is 2.10. The van der Waals surface area contributed by atoms with Crippen molar-refractivity contribution in [1.82, 2.24) is 5.32 Å². The van der Waals surface area contributed by atoms with Gasteiger partial charge in [0.25, 0.3) is 0 Å². The van der Waals surface area contributed by atoms with Crippen LogP contribution in [0.15, 0.2) is 48.5 Å². The fraction of sp³-hybridized carbons (Fsp3) is 0.364. The zero-order valence-electron chi connectivity index (χ0n) is 15.1. The number of nitrogens with one attached hydrogen (secondary N) is 1. The third-order valence-corrected chi connectivity index (χ3v) is 5.67. The van der Waals surface area contributed by atoms with Crippen molar-refractivity contribution in [2.75, 3.05) is 6.61 Å². The first kappa shape index (κ1) is 17.6. The van der Waals surface area contributed by atoms with Gasteiger partial charge in [-0.25, -0.2) is 4.79 Å². The number of hydrogen-bond acceptors (Lipinski definition) is 3. The van der Waals surface area contributed by atoms with Gasteiger partial charge in [0, 0.05) is 18.4 Å². The van der Waals surface area contributed by atoms with Gasteiger partial charge in [0.2, 0.25) is 0 Å². The Labute approximate surface area is 158 Å². The Kier molecular flexibility index (Phi) is 4.84. The molecule has 0 aromatic heterocycles. The van der Waals surface area contributed by atoms with E-state index in [1.54, 1.807) is 0 Å². The van der Waals surface area contributed by atoms with E-state index in [1.807, 2.05) is 24.3 Å². The molecule has 4 rings (SSSR count). The number of aliphatic carboxylic acids is 1. The molecule has 1 fully saturated rings. The van der Waals surface area contributed by atoms with Crippen molar-refractivity contribution in [3.8, 4) is 11.1 Å². The summed E-state index contributed by atoms with van der Waals surface area (Å²) in [6, 6.07) is 16.5. The van der Waals surface area contributed by atoms with Crippen LogP contribution < -0.4 is 5.32 Å². The molecule has 0 spiro atoms. The van der Waals surface area contributed by atoms with E-state index in [9.17, 15) is 9.59 Å². The molecular weight excluding hydrogens is 342 g/mol. The molecule has 0 bridgehead atoms. The maximum absolute atomic E-state index is 12.3. The van der Waals surface area contributed by atoms with Crippen LogP contribution in [0, 0.1) is 5.92 Å². The van der Waals surface area contributed by atoms with Crippen LogP contribution in [0.2, 0.25) is 0 Å². The number of ether oxygens (including phenoxy) is 1. The Hall–Kier alpha value is -2.82. The number of carboxylic acid groups (broad SMARTS) is 1. The van der Waals surface area contributed by atoms with E-state index in [0.29, 0.717) is 13.0 Å². The van der Waals surface area contributed by atoms with E-state index in [2.05, 4.69) is 29.6 Å². The minimum absolute atomic E-state index is 0.00463. The quantitative estimate of drug-likeness (QED) is 0.834. The zero-order valence-corrected chi connectivity index (χ0v) is 15.1. The molecule has 140 valence electrons. The lowest BCUT2D eigenvalue weighted by Gasteiger charge is -2.17. The standard InChI is InChI=1S/C22H23NO4/c24-21(25)12-14-9-10-15(11-14)23-22(26)27-13-20-18-7-3-1-5-16(18)17-6-2-4-8-19(17)20/h1-8,14-15,20H,9-13H2,(H,23,26)(H,24,25)/t14-,15-/m0/s1. The third-order valence-electron chi connectivity index (χ3n) is 5.67. The first-order valence-corrected chi connectivity index (χ1v) is 9.45. The number of carbonyl (C=O) groups excluding carboxylic acids is 1. The van der Waals surface area contributed by atoms with Gasteiger partial charge in [-0.3, -0.25) is 4.79 Å². The van der Waals surface area contributed by atoms with Crippen molar-refractivity contribution in [1.29, 1.82) is 0 Å². The lowest BCUT2D eigenvalue weighted by molar-refractivity contribution is -0.138. The fourth-order valence-electron chi connectivity index (χ4n) is 4.45. The molecule has 5 nitrogen and oxygen atoms in total. The number of carboxylic acids is 1. The van der Waals surface area contributed by atoms with E-state index < -0.39 is 12.1 Å². The Morgan fingerprint density at radius 3 is 2.26 bits per heavy atom. The number of carbonyl (C=O) groups is 2. The van der Waals surface area contributed by atoms with Crippen LogP contribution in [-0.2, 0) is 9.53 Å². The van der Waals surface area contributed by atoms with Gasteiger partial charge < -0.3 is 15.2 Å². The molecule has 1 amide bonds. The topological polar surface area (TPSA) is 75.6 Å².